The van der Waals surface area contributed by atoms with Crippen molar-refractivity contribution in [2.24, 2.45) is 0 Å². The maximum Gasteiger partial charge on any atom is 0.414 e. The van der Waals surface area contributed by atoms with Crippen LogP contribution < -0.4 is 4.90 Å². The molecular weight excluding hydrogens is 395 g/mol. The van der Waals surface area contributed by atoms with Gasteiger partial charge in [-0.15, -0.1) is 0 Å². The molecule has 1 fully saturated rings. The summed E-state index contributed by atoms with van der Waals surface area (Å²) < 4.78 is 12.3. The highest BCUT2D eigenvalue weighted by Gasteiger charge is 2.28. The lowest BCUT2D eigenvalue weighted by atomic mass is 10.1. The molecule has 22 heavy (non-hydrogen) atoms. The number of hydrogen-bond acceptors (Lipinski definition) is 4. The summed E-state index contributed by atoms with van der Waals surface area (Å²) in [6.07, 6.45) is 6.31. The van der Waals surface area contributed by atoms with Gasteiger partial charge in [0.1, 0.15) is 5.60 Å². The fourth-order valence-electron chi connectivity index (χ4n) is 2.31. The van der Waals surface area contributed by atoms with E-state index < -0.39 is 5.60 Å². The predicted octanol–water partition coefficient (Wildman–Crippen LogP) is 4.00. The van der Waals surface area contributed by atoms with Gasteiger partial charge in [-0.05, 0) is 68.7 Å². The van der Waals surface area contributed by atoms with Crippen LogP contribution in [0.2, 0.25) is 0 Å². The number of hydrogen-bond donors (Lipinski definition) is 0. The molecule has 0 radical (unpaired) electrons. The molecule has 1 aromatic heterocycles. The maximum absolute atomic E-state index is 12.6. The van der Waals surface area contributed by atoms with Crippen molar-refractivity contribution in [2.75, 3.05) is 18.1 Å². The molecule has 2 rings (SSSR count). The van der Waals surface area contributed by atoms with Gasteiger partial charge in [-0.1, -0.05) is 0 Å². The molecule has 1 amide bonds. The third kappa shape index (κ3) is 5.08. The Bertz CT molecular complexity index is 510. The maximum atomic E-state index is 12.6. The van der Waals surface area contributed by atoms with E-state index >= 15 is 0 Å². The number of anilines is 1. The van der Waals surface area contributed by atoms with Crippen LogP contribution in [0, 0.1) is 3.57 Å². The number of carbonyl (C=O) groups is 1. The number of ether oxygens (including phenoxy) is 2. The van der Waals surface area contributed by atoms with E-state index in [-0.39, 0.29) is 12.2 Å². The standard InChI is InChI=1S/C16H23IN2O3/c1-16(2,3)22-15(20)19(11-12-6-4-5-9-21-12)14-10-18-8-7-13(14)17/h7-8,10,12H,4-6,9,11H2,1-3H3. The fraction of sp³-hybridized carbons (Fsp3) is 0.625. The Kier molecular flexibility index (Phi) is 6.02. The van der Waals surface area contributed by atoms with Gasteiger partial charge in [0.15, 0.2) is 0 Å². The molecule has 0 aromatic carbocycles. The van der Waals surface area contributed by atoms with Gasteiger partial charge in [0.2, 0.25) is 0 Å². The lowest BCUT2D eigenvalue weighted by Crippen LogP contribution is -2.43. The zero-order chi connectivity index (χ0) is 16.2. The number of nitrogens with zero attached hydrogens (tertiary/aromatic N) is 2. The summed E-state index contributed by atoms with van der Waals surface area (Å²) in [5.74, 6) is 0. The first-order chi connectivity index (χ1) is 10.4. The van der Waals surface area contributed by atoms with Crippen LogP contribution in [-0.2, 0) is 9.47 Å². The van der Waals surface area contributed by atoms with Crippen molar-refractivity contribution >= 4 is 34.4 Å². The van der Waals surface area contributed by atoms with Crippen molar-refractivity contribution in [1.82, 2.24) is 4.98 Å². The predicted molar refractivity (Wildman–Crippen MR) is 94.1 cm³/mol. The minimum Gasteiger partial charge on any atom is -0.443 e. The van der Waals surface area contributed by atoms with Gasteiger partial charge in [0.25, 0.3) is 0 Å². The van der Waals surface area contributed by atoms with Gasteiger partial charge in [-0.2, -0.15) is 0 Å². The van der Waals surface area contributed by atoms with E-state index in [1.165, 1.54) is 0 Å². The summed E-state index contributed by atoms with van der Waals surface area (Å²) >= 11 is 2.21. The third-order valence-corrected chi connectivity index (χ3v) is 4.23. The first-order valence-electron chi connectivity index (χ1n) is 7.58. The molecule has 0 N–H and O–H groups in total. The lowest BCUT2D eigenvalue weighted by Gasteiger charge is -2.32. The SMILES string of the molecule is CC(C)(C)OC(=O)N(CC1CCCCO1)c1cnccc1I. The molecule has 5 nitrogen and oxygen atoms in total. The van der Waals surface area contributed by atoms with Crippen molar-refractivity contribution in [2.45, 2.75) is 51.7 Å². The van der Waals surface area contributed by atoms with Crippen LogP contribution in [0.5, 0.6) is 0 Å². The second kappa shape index (κ2) is 7.59. The zero-order valence-corrected chi connectivity index (χ0v) is 15.5. The average Bonchev–Trinajstić information content (AvgIpc) is 2.45. The van der Waals surface area contributed by atoms with Crippen molar-refractivity contribution in [3.05, 3.63) is 22.0 Å². The van der Waals surface area contributed by atoms with Crippen molar-refractivity contribution in [3.63, 3.8) is 0 Å². The summed E-state index contributed by atoms with van der Waals surface area (Å²) in [6, 6.07) is 1.88. The van der Waals surface area contributed by atoms with Crippen molar-refractivity contribution in [1.29, 1.82) is 0 Å². The summed E-state index contributed by atoms with van der Waals surface area (Å²) in [5, 5.41) is 0. The molecular formula is C16H23IN2O3. The molecule has 0 saturated carbocycles. The van der Waals surface area contributed by atoms with Crippen molar-refractivity contribution in [3.8, 4) is 0 Å². The topological polar surface area (TPSA) is 51.7 Å². The number of rotatable bonds is 3. The van der Waals surface area contributed by atoms with Crippen LogP contribution in [0.1, 0.15) is 40.0 Å². The second-order valence-corrected chi connectivity index (χ2v) is 7.57. The molecule has 1 aliphatic heterocycles. The largest absolute Gasteiger partial charge is 0.443 e. The number of aromatic nitrogens is 1. The summed E-state index contributed by atoms with van der Waals surface area (Å²) in [5.41, 5.74) is 0.239. The van der Waals surface area contributed by atoms with Gasteiger partial charge < -0.3 is 9.47 Å². The van der Waals surface area contributed by atoms with Crippen LogP contribution in [0.3, 0.4) is 0 Å². The van der Waals surface area contributed by atoms with Crippen LogP contribution in [0.15, 0.2) is 18.5 Å². The Morgan fingerprint density at radius 1 is 1.50 bits per heavy atom. The summed E-state index contributed by atoms with van der Waals surface area (Å²) in [4.78, 5) is 18.4. The Morgan fingerprint density at radius 2 is 2.27 bits per heavy atom. The van der Waals surface area contributed by atoms with Gasteiger partial charge in [-0.3, -0.25) is 9.88 Å². The highest BCUT2D eigenvalue weighted by molar-refractivity contribution is 14.1. The highest BCUT2D eigenvalue weighted by Crippen LogP contribution is 2.25. The molecule has 1 aromatic rings. The quantitative estimate of drug-likeness (QED) is 0.697. The van der Waals surface area contributed by atoms with Crippen molar-refractivity contribution < 1.29 is 14.3 Å². The molecule has 2 heterocycles. The van der Waals surface area contributed by atoms with Crippen LogP contribution in [0.25, 0.3) is 0 Å². The monoisotopic (exact) mass is 418 g/mol. The van der Waals surface area contributed by atoms with Gasteiger partial charge in [0, 0.05) is 16.4 Å². The van der Waals surface area contributed by atoms with E-state index in [0.29, 0.717) is 6.54 Å². The first-order valence-corrected chi connectivity index (χ1v) is 8.66. The van der Waals surface area contributed by atoms with E-state index in [0.717, 1.165) is 35.1 Å². The zero-order valence-electron chi connectivity index (χ0n) is 13.3. The number of carbonyl (C=O) groups excluding carboxylic acids is 1. The number of pyridine rings is 1. The van der Waals surface area contributed by atoms with E-state index in [1.807, 2.05) is 26.8 Å². The summed E-state index contributed by atoms with van der Waals surface area (Å²) in [6.45, 7) is 6.87. The molecule has 0 spiro atoms. The Labute approximate surface area is 145 Å². The smallest absolute Gasteiger partial charge is 0.414 e. The van der Waals surface area contributed by atoms with Gasteiger partial charge >= 0.3 is 6.09 Å². The van der Waals surface area contributed by atoms with Gasteiger partial charge in [-0.25, -0.2) is 4.79 Å². The fourth-order valence-corrected chi connectivity index (χ4v) is 2.90. The highest BCUT2D eigenvalue weighted by atomic mass is 127. The van der Waals surface area contributed by atoms with E-state index in [9.17, 15) is 4.79 Å². The Balaban J connectivity index is 2.20. The van der Waals surface area contributed by atoms with E-state index in [1.54, 1.807) is 17.3 Å². The van der Waals surface area contributed by atoms with Crippen LogP contribution in [-0.4, -0.2) is 35.9 Å². The van der Waals surface area contributed by atoms with E-state index in [4.69, 9.17) is 9.47 Å². The van der Waals surface area contributed by atoms with Crippen LogP contribution in [0.4, 0.5) is 10.5 Å². The number of halogens is 1. The second-order valence-electron chi connectivity index (χ2n) is 6.41. The van der Waals surface area contributed by atoms with E-state index in [2.05, 4.69) is 27.6 Å². The lowest BCUT2D eigenvalue weighted by molar-refractivity contribution is 0.0166. The molecule has 1 atom stereocenters. The molecule has 1 unspecified atom stereocenters. The summed E-state index contributed by atoms with van der Waals surface area (Å²) in [7, 11) is 0. The molecule has 122 valence electrons. The third-order valence-electron chi connectivity index (χ3n) is 3.31. The molecule has 0 bridgehead atoms. The Morgan fingerprint density at radius 3 is 2.86 bits per heavy atom. The molecule has 1 saturated heterocycles. The molecule has 0 aliphatic carbocycles. The Hall–Kier alpha value is -0.890. The first kappa shape index (κ1) is 17.5. The van der Waals surface area contributed by atoms with Crippen LogP contribution >= 0.6 is 22.6 Å². The minimum atomic E-state index is -0.531. The number of amides is 1. The minimum absolute atomic E-state index is 0.0530. The molecule has 6 heteroatoms. The normalized spacial score (nSPS) is 18.8. The molecule has 1 aliphatic rings. The average molecular weight is 418 g/mol. The van der Waals surface area contributed by atoms with Gasteiger partial charge in [0.05, 0.1) is 24.5 Å².